The maximum Gasteiger partial charge on any atom is 0.305 e. The summed E-state index contributed by atoms with van der Waals surface area (Å²) in [5.41, 5.74) is -0.162. The van der Waals surface area contributed by atoms with E-state index in [0.717, 1.165) is 12.8 Å². The molecule has 0 saturated heterocycles. The number of methoxy groups -OCH3 is 1. The highest BCUT2D eigenvalue weighted by Crippen LogP contribution is 2.38. The fourth-order valence-corrected chi connectivity index (χ4v) is 3.56. The molecule has 0 fully saturated rings. The fourth-order valence-electron chi connectivity index (χ4n) is 2.19. The van der Waals surface area contributed by atoms with Crippen molar-refractivity contribution in [1.82, 2.24) is 0 Å². The standard InChI is InChI=1S/C23H44O5Si/c1-10-23(5,6)27-18-20(28-29(8,9)22(2,3)4)15-13-11-12-14-19(24)16-17-21(25)26-7/h19-20,24H,10,13-18H2,1-9H3/t19-,20+/m1/s1. The van der Waals surface area contributed by atoms with Crippen molar-refractivity contribution in [3.05, 3.63) is 0 Å². The van der Waals surface area contributed by atoms with E-state index in [-0.39, 0.29) is 29.1 Å². The Morgan fingerprint density at radius 1 is 1.10 bits per heavy atom. The van der Waals surface area contributed by atoms with Crippen LogP contribution in [0.4, 0.5) is 0 Å². The molecule has 0 heterocycles. The van der Waals surface area contributed by atoms with Crippen LogP contribution in [0.5, 0.6) is 0 Å². The third-order valence-corrected chi connectivity index (χ3v) is 10.3. The summed E-state index contributed by atoms with van der Waals surface area (Å²) in [6.07, 6.45) is 2.81. The molecule has 0 spiro atoms. The van der Waals surface area contributed by atoms with E-state index in [1.54, 1.807) is 0 Å². The summed E-state index contributed by atoms with van der Waals surface area (Å²) in [5.74, 6) is 5.85. The predicted octanol–water partition coefficient (Wildman–Crippen LogP) is 5.07. The lowest BCUT2D eigenvalue weighted by Gasteiger charge is -2.40. The number of esters is 1. The molecule has 0 aliphatic rings. The van der Waals surface area contributed by atoms with Gasteiger partial charge in [0.25, 0.3) is 0 Å². The number of ether oxygens (including phenoxy) is 2. The molecule has 1 N–H and O–H groups in total. The van der Waals surface area contributed by atoms with Crippen LogP contribution in [-0.4, -0.2) is 50.9 Å². The summed E-state index contributed by atoms with van der Waals surface area (Å²) in [6.45, 7) is 18.1. The molecule has 5 nitrogen and oxygen atoms in total. The van der Waals surface area contributed by atoms with Gasteiger partial charge in [-0.3, -0.25) is 4.79 Å². The Morgan fingerprint density at radius 3 is 2.24 bits per heavy atom. The maximum absolute atomic E-state index is 11.1. The highest BCUT2D eigenvalue weighted by Gasteiger charge is 2.39. The molecular weight excluding hydrogens is 384 g/mol. The van der Waals surface area contributed by atoms with Crippen molar-refractivity contribution in [2.45, 2.75) is 116 Å². The van der Waals surface area contributed by atoms with Gasteiger partial charge in [0.1, 0.15) is 0 Å². The Bertz CT molecular complexity index is 540. The van der Waals surface area contributed by atoms with E-state index < -0.39 is 14.4 Å². The highest BCUT2D eigenvalue weighted by molar-refractivity contribution is 6.74. The average molecular weight is 429 g/mol. The minimum atomic E-state index is -1.90. The van der Waals surface area contributed by atoms with E-state index in [9.17, 15) is 9.90 Å². The number of hydrogen-bond donors (Lipinski definition) is 1. The predicted molar refractivity (Wildman–Crippen MR) is 121 cm³/mol. The van der Waals surface area contributed by atoms with Gasteiger partial charge in [-0.15, -0.1) is 11.8 Å². The zero-order valence-corrected chi connectivity index (χ0v) is 21.2. The van der Waals surface area contributed by atoms with Gasteiger partial charge in [0, 0.05) is 19.3 Å². The molecule has 0 aromatic carbocycles. The van der Waals surface area contributed by atoms with Crippen LogP contribution in [0.1, 0.15) is 80.1 Å². The Morgan fingerprint density at radius 2 is 1.72 bits per heavy atom. The van der Waals surface area contributed by atoms with Crippen LogP contribution >= 0.6 is 0 Å². The SMILES string of the molecule is CCC(C)(C)OC[C@H](CCC#CC[C@@H](O)CCC(=O)OC)O[Si](C)(C)C(C)(C)C. The van der Waals surface area contributed by atoms with E-state index in [0.29, 0.717) is 25.9 Å². The first kappa shape index (κ1) is 28.1. The van der Waals surface area contributed by atoms with Crippen molar-refractivity contribution in [3.63, 3.8) is 0 Å². The quantitative estimate of drug-likeness (QED) is 0.267. The van der Waals surface area contributed by atoms with Crippen molar-refractivity contribution in [2.24, 2.45) is 0 Å². The van der Waals surface area contributed by atoms with Crippen LogP contribution in [0.25, 0.3) is 0 Å². The largest absolute Gasteiger partial charge is 0.469 e. The lowest BCUT2D eigenvalue weighted by molar-refractivity contribution is -0.141. The summed E-state index contributed by atoms with van der Waals surface area (Å²) < 4.78 is 17.3. The monoisotopic (exact) mass is 428 g/mol. The Balaban J connectivity index is 4.71. The second-order valence-electron chi connectivity index (χ2n) is 9.79. The summed E-state index contributed by atoms with van der Waals surface area (Å²) in [6, 6.07) is 0. The minimum absolute atomic E-state index is 0.0141. The molecular formula is C23H44O5Si. The van der Waals surface area contributed by atoms with Gasteiger partial charge in [0.15, 0.2) is 8.32 Å². The van der Waals surface area contributed by atoms with Gasteiger partial charge >= 0.3 is 5.97 Å². The number of rotatable bonds is 12. The van der Waals surface area contributed by atoms with Gasteiger partial charge in [0.2, 0.25) is 0 Å². The topological polar surface area (TPSA) is 65.0 Å². The number of carbonyl (C=O) groups excluding carboxylic acids is 1. The van der Waals surface area contributed by atoms with Crippen LogP contribution in [0.2, 0.25) is 18.1 Å². The van der Waals surface area contributed by atoms with Crippen LogP contribution in [0.3, 0.4) is 0 Å². The molecule has 2 atom stereocenters. The number of aliphatic hydroxyl groups excluding tert-OH is 1. The molecule has 170 valence electrons. The van der Waals surface area contributed by atoms with Crippen molar-refractivity contribution in [2.75, 3.05) is 13.7 Å². The van der Waals surface area contributed by atoms with E-state index in [4.69, 9.17) is 9.16 Å². The Hall–Kier alpha value is -0.873. The van der Waals surface area contributed by atoms with E-state index in [2.05, 4.69) is 71.2 Å². The summed E-state index contributed by atoms with van der Waals surface area (Å²) >= 11 is 0. The Labute approximate surface area is 180 Å². The van der Waals surface area contributed by atoms with Gasteiger partial charge in [-0.1, -0.05) is 27.7 Å². The molecule has 0 aromatic heterocycles. The summed E-state index contributed by atoms with van der Waals surface area (Å²) in [5, 5.41) is 10.0. The van der Waals surface area contributed by atoms with Crippen LogP contribution in [-0.2, 0) is 18.7 Å². The van der Waals surface area contributed by atoms with Gasteiger partial charge in [-0.25, -0.2) is 0 Å². The van der Waals surface area contributed by atoms with Crippen molar-refractivity contribution in [3.8, 4) is 11.8 Å². The molecule has 0 radical (unpaired) electrons. The molecule has 0 rings (SSSR count). The third-order valence-electron chi connectivity index (χ3n) is 5.74. The normalized spacial score (nSPS) is 14.7. The fraction of sp³-hybridized carbons (Fsp3) is 0.870. The summed E-state index contributed by atoms with van der Waals surface area (Å²) in [4.78, 5) is 11.1. The second kappa shape index (κ2) is 12.7. The van der Waals surface area contributed by atoms with Crippen LogP contribution < -0.4 is 0 Å². The first-order chi connectivity index (χ1) is 13.2. The van der Waals surface area contributed by atoms with Crippen LogP contribution in [0.15, 0.2) is 0 Å². The molecule has 0 saturated carbocycles. The first-order valence-corrected chi connectivity index (χ1v) is 13.7. The van der Waals surface area contributed by atoms with E-state index in [1.807, 2.05) is 0 Å². The van der Waals surface area contributed by atoms with E-state index >= 15 is 0 Å². The maximum atomic E-state index is 11.1. The average Bonchev–Trinajstić information content (AvgIpc) is 2.62. The van der Waals surface area contributed by atoms with Crippen molar-refractivity contribution >= 4 is 14.3 Å². The van der Waals surface area contributed by atoms with Gasteiger partial charge < -0.3 is 19.0 Å². The molecule has 0 bridgehead atoms. The van der Waals surface area contributed by atoms with Gasteiger partial charge in [-0.05, 0) is 51.2 Å². The molecule has 0 aliphatic carbocycles. The van der Waals surface area contributed by atoms with Crippen molar-refractivity contribution < 1.29 is 23.8 Å². The van der Waals surface area contributed by atoms with Crippen LogP contribution in [0, 0.1) is 11.8 Å². The lowest BCUT2D eigenvalue weighted by Crippen LogP contribution is -2.45. The smallest absolute Gasteiger partial charge is 0.305 e. The minimum Gasteiger partial charge on any atom is -0.469 e. The number of hydrogen-bond acceptors (Lipinski definition) is 5. The zero-order valence-electron chi connectivity index (χ0n) is 20.2. The lowest BCUT2D eigenvalue weighted by atomic mass is 10.1. The van der Waals surface area contributed by atoms with Gasteiger partial charge in [-0.2, -0.15) is 0 Å². The molecule has 29 heavy (non-hydrogen) atoms. The summed E-state index contributed by atoms with van der Waals surface area (Å²) in [7, 11) is -0.549. The van der Waals surface area contributed by atoms with Crippen molar-refractivity contribution in [1.29, 1.82) is 0 Å². The first-order valence-electron chi connectivity index (χ1n) is 10.8. The molecule has 0 unspecified atom stereocenters. The molecule has 0 aliphatic heterocycles. The second-order valence-corrected chi connectivity index (χ2v) is 14.5. The Kier molecular flexibility index (Phi) is 12.4. The zero-order chi connectivity index (χ0) is 22.7. The molecule has 0 aromatic rings. The molecule has 0 amide bonds. The van der Waals surface area contributed by atoms with E-state index in [1.165, 1.54) is 7.11 Å². The van der Waals surface area contributed by atoms with Gasteiger partial charge in [0.05, 0.1) is 31.5 Å². The third kappa shape index (κ3) is 12.4. The highest BCUT2D eigenvalue weighted by atomic mass is 28.4. The number of carbonyl (C=O) groups is 1. The number of aliphatic hydroxyl groups is 1. The molecule has 6 heteroatoms.